The van der Waals surface area contributed by atoms with E-state index in [2.05, 4.69) is 17.5 Å². The number of hydrogen-bond acceptors (Lipinski definition) is 2. The third kappa shape index (κ3) is 2.38. The van der Waals surface area contributed by atoms with Crippen molar-refractivity contribution in [3.8, 4) is 6.07 Å². The fourth-order valence-corrected chi connectivity index (χ4v) is 2.67. The Kier molecular flexibility index (Phi) is 3.38. The second-order valence-corrected chi connectivity index (χ2v) is 5.23. The smallest absolute Gasteiger partial charge is 0.244 e. The number of nitrogens with zero attached hydrogens (tertiary/aromatic N) is 1. The molecular weight excluding hydrogens is 224 g/mol. The van der Waals surface area contributed by atoms with E-state index in [1.165, 1.54) is 0 Å². The highest BCUT2D eigenvalue weighted by atomic mass is 16.2. The summed E-state index contributed by atoms with van der Waals surface area (Å²) in [6.07, 6.45) is 3.29. The molecule has 18 heavy (non-hydrogen) atoms. The van der Waals surface area contributed by atoms with Crippen LogP contribution in [0.5, 0.6) is 0 Å². The first-order chi connectivity index (χ1) is 8.55. The van der Waals surface area contributed by atoms with Crippen LogP contribution in [0.15, 0.2) is 18.2 Å². The molecule has 1 N–H and O–H groups in total. The molecule has 3 heteroatoms. The van der Waals surface area contributed by atoms with Gasteiger partial charge in [0.2, 0.25) is 5.91 Å². The summed E-state index contributed by atoms with van der Waals surface area (Å²) in [6.45, 7) is 4.00. The summed E-state index contributed by atoms with van der Waals surface area (Å²) >= 11 is 0. The Labute approximate surface area is 108 Å². The molecule has 1 amide bonds. The predicted molar refractivity (Wildman–Crippen MR) is 71.1 cm³/mol. The van der Waals surface area contributed by atoms with E-state index in [4.69, 9.17) is 0 Å². The second kappa shape index (κ2) is 4.81. The Hall–Kier alpha value is -1.82. The highest BCUT2D eigenvalue weighted by Gasteiger charge is 2.41. The summed E-state index contributed by atoms with van der Waals surface area (Å²) in [5, 5.41) is 12.2. The van der Waals surface area contributed by atoms with Crippen LogP contribution in [-0.2, 0) is 4.79 Å². The molecule has 1 aromatic carbocycles. The zero-order chi connectivity index (χ0) is 13.2. The van der Waals surface area contributed by atoms with E-state index in [1.54, 1.807) is 0 Å². The fraction of sp³-hybridized carbons (Fsp3) is 0.467. The molecule has 0 radical (unpaired) electrons. The Morgan fingerprint density at radius 3 is 2.28 bits per heavy atom. The molecule has 0 spiro atoms. The third-order valence-electron chi connectivity index (χ3n) is 3.59. The Bertz CT molecular complexity index is 487. The van der Waals surface area contributed by atoms with E-state index in [0.717, 1.165) is 29.7 Å². The number of rotatable bonds is 2. The molecule has 0 aliphatic heterocycles. The van der Waals surface area contributed by atoms with Gasteiger partial charge in [0.15, 0.2) is 0 Å². The highest BCUT2D eigenvalue weighted by molar-refractivity contribution is 5.97. The van der Waals surface area contributed by atoms with Gasteiger partial charge in [0.25, 0.3) is 0 Å². The molecule has 1 aromatic rings. The molecule has 1 aliphatic rings. The molecule has 0 heterocycles. The van der Waals surface area contributed by atoms with Crippen molar-refractivity contribution in [1.82, 2.24) is 0 Å². The molecule has 0 aromatic heterocycles. The Balaban J connectivity index is 2.18. The topological polar surface area (TPSA) is 52.9 Å². The van der Waals surface area contributed by atoms with Crippen molar-refractivity contribution >= 4 is 11.6 Å². The SMILES string of the molecule is Cc1cc(C)cc(NC(=O)C2(C#N)CCCC2)c1. The number of aryl methyl sites for hydroxylation is 2. The first kappa shape index (κ1) is 12.6. The van der Waals surface area contributed by atoms with Crippen LogP contribution < -0.4 is 5.32 Å². The molecule has 1 saturated carbocycles. The van der Waals surface area contributed by atoms with Gasteiger partial charge in [0, 0.05) is 5.69 Å². The number of anilines is 1. The largest absolute Gasteiger partial charge is 0.325 e. The standard InChI is InChI=1S/C15H18N2O/c1-11-7-12(2)9-13(8-11)17-14(18)15(10-16)5-3-4-6-15/h7-9H,3-6H2,1-2H3,(H,17,18). The summed E-state index contributed by atoms with van der Waals surface area (Å²) in [5.41, 5.74) is 2.21. The number of carbonyl (C=O) groups is 1. The second-order valence-electron chi connectivity index (χ2n) is 5.23. The molecule has 0 atom stereocenters. The molecule has 0 saturated heterocycles. The van der Waals surface area contributed by atoms with Crippen molar-refractivity contribution in [1.29, 1.82) is 5.26 Å². The number of nitriles is 1. The Morgan fingerprint density at radius 1 is 1.22 bits per heavy atom. The molecule has 2 rings (SSSR count). The minimum atomic E-state index is -0.808. The summed E-state index contributed by atoms with van der Waals surface area (Å²) in [6, 6.07) is 8.15. The quantitative estimate of drug-likeness (QED) is 0.864. The molecule has 0 unspecified atom stereocenters. The number of carbonyl (C=O) groups excluding carboxylic acids is 1. The van der Waals surface area contributed by atoms with Crippen LogP contribution in [-0.4, -0.2) is 5.91 Å². The van der Waals surface area contributed by atoms with E-state index in [9.17, 15) is 10.1 Å². The van der Waals surface area contributed by atoms with Crippen molar-refractivity contribution in [3.05, 3.63) is 29.3 Å². The maximum atomic E-state index is 12.3. The van der Waals surface area contributed by atoms with Gasteiger partial charge >= 0.3 is 0 Å². The van der Waals surface area contributed by atoms with Crippen LogP contribution in [0.1, 0.15) is 36.8 Å². The zero-order valence-electron chi connectivity index (χ0n) is 10.9. The molecule has 0 bridgehead atoms. The third-order valence-corrected chi connectivity index (χ3v) is 3.59. The fourth-order valence-electron chi connectivity index (χ4n) is 2.67. The average Bonchev–Trinajstić information content (AvgIpc) is 2.77. The monoisotopic (exact) mass is 242 g/mol. The molecule has 1 aliphatic carbocycles. The highest BCUT2D eigenvalue weighted by Crippen LogP contribution is 2.38. The molecular formula is C15H18N2O. The van der Waals surface area contributed by atoms with Crippen LogP contribution in [0.3, 0.4) is 0 Å². The minimum absolute atomic E-state index is 0.146. The van der Waals surface area contributed by atoms with E-state index in [-0.39, 0.29) is 5.91 Å². The van der Waals surface area contributed by atoms with Gasteiger partial charge in [-0.05, 0) is 49.9 Å². The number of benzene rings is 1. The number of amides is 1. The molecule has 1 fully saturated rings. The lowest BCUT2D eigenvalue weighted by Crippen LogP contribution is -2.32. The van der Waals surface area contributed by atoms with E-state index >= 15 is 0 Å². The summed E-state index contributed by atoms with van der Waals surface area (Å²) in [7, 11) is 0. The van der Waals surface area contributed by atoms with Gasteiger partial charge in [0.1, 0.15) is 5.41 Å². The van der Waals surface area contributed by atoms with E-state index < -0.39 is 5.41 Å². The first-order valence-corrected chi connectivity index (χ1v) is 6.37. The van der Waals surface area contributed by atoms with Gasteiger partial charge in [-0.2, -0.15) is 5.26 Å². The maximum absolute atomic E-state index is 12.3. The maximum Gasteiger partial charge on any atom is 0.244 e. The van der Waals surface area contributed by atoms with Crippen molar-refractivity contribution in [3.63, 3.8) is 0 Å². The summed E-state index contributed by atoms with van der Waals surface area (Å²) < 4.78 is 0. The van der Waals surface area contributed by atoms with Crippen LogP contribution in [0.25, 0.3) is 0 Å². The van der Waals surface area contributed by atoms with Gasteiger partial charge in [-0.15, -0.1) is 0 Å². The normalized spacial score (nSPS) is 17.2. The molecule has 3 nitrogen and oxygen atoms in total. The van der Waals surface area contributed by atoms with Crippen LogP contribution in [0.4, 0.5) is 5.69 Å². The van der Waals surface area contributed by atoms with Gasteiger partial charge in [0.05, 0.1) is 6.07 Å². The van der Waals surface area contributed by atoms with Crippen molar-refractivity contribution < 1.29 is 4.79 Å². The van der Waals surface area contributed by atoms with E-state index in [0.29, 0.717) is 12.8 Å². The van der Waals surface area contributed by atoms with Gasteiger partial charge in [-0.25, -0.2) is 0 Å². The van der Waals surface area contributed by atoms with Crippen molar-refractivity contribution in [2.24, 2.45) is 5.41 Å². The van der Waals surface area contributed by atoms with E-state index in [1.807, 2.05) is 26.0 Å². The lowest BCUT2D eigenvalue weighted by molar-refractivity contribution is -0.122. The molecule has 94 valence electrons. The summed E-state index contributed by atoms with van der Waals surface area (Å²) in [4.78, 5) is 12.3. The minimum Gasteiger partial charge on any atom is -0.325 e. The lowest BCUT2D eigenvalue weighted by atomic mass is 9.87. The number of nitrogens with one attached hydrogen (secondary N) is 1. The van der Waals surface area contributed by atoms with Crippen LogP contribution in [0.2, 0.25) is 0 Å². The first-order valence-electron chi connectivity index (χ1n) is 6.37. The predicted octanol–water partition coefficient (Wildman–Crippen LogP) is 3.33. The Morgan fingerprint density at radius 2 is 1.78 bits per heavy atom. The average molecular weight is 242 g/mol. The zero-order valence-corrected chi connectivity index (χ0v) is 10.9. The van der Waals surface area contributed by atoms with Crippen molar-refractivity contribution in [2.45, 2.75) is 39.5 Å². The van der Waals surface area contributed by atoms with Gasteiger partial charge < -0.3 is 5.32 Å². The van der Waals surface area contributed by atoms with Crippen LogP contribution in [0, 0.1) is 30.6 Å². The lowest BCUT2D eigenvalue weighted by Gasteiger charge is -2.19. The van der Waals surface area contributed by atoms with Crippen LogP contribution >= 0.6 is 0 Å². The summed E-state index contributed by atoms with van der Waals surface area (Å²) in [5.74, 6) is -0.146. The number of hydrogen-bond donors (Lipinski definition) is 1. The van der Waals surface area contributed by atoms with Gasteiger partial charge in [-0.1, -0.05) is 18.9 Å². The van der Waals surface area contributed by atoms with Gasteiger partial charge in [-0.3, -0.25) is 4.79 Å². The van der Waals surface area contributed by atoms with Crippen molar-refractivity contribution in [2.75, 3.05) is 5.32 Å².